The molecular formula is C15H23N3OS. The van der Waals surface area contributed by atoms with Crippen molar-refractivity contribution in [2.24, 2.45) is 0 Å². The summed E-state index contributed by atoms with van der Waals surface area (Å²) < 4.78 is 0.131. The first-order chi connectivity index (χ1) is 9.52. The van der Waals surface area contributed by atoms with Crippen LogP contribution in [0.25, 0.3) is 0 Å². The van der Waals surface area contributed by atoms with E-state index < -0.39 is 0 Å². The Labute approximate surface area is 125 Å². The van der Waals surface area contributed by atoms with Crippen LogP contribution in [0.1, 0.15) is 37.7 Å². The molecule has 0 aromatic carbocycles. The lowest BCUT2D eigenvalue weighted by molar-refractivity contribution is 0.0742. The van der Waals surface area contributed by atoms with Crippen molar-refractivity contribution in [1.82, 2.24) is 9.88 Å². The maximum absolute atomic E-state index is 12.5. The molecule has 0 atom stereocenters. The van der Waals surface area contributed by atoms with Gasteiger partial charge in [-0.3, -0.25) is 4.79 Å². The van der Waals surface area contributed by atoms with Crippen LogP contribution in [-0.2, 0) is 0 Å². The van der Waals surface area contributed by atoms with Crippen LogP contribution in [0.3, 0.4) is 0 Å². The highest BCUT2D eigenvalue weighted by molar-refractivity contribution is 8.00. The number of amides is 1. The number of nitrogens with zero attached hydrogens (tertiary/aromatic N) is 2. The summed E-state index contributed by atoms with van der Waals surface area (Å²) in [6.45, 7) is 8.94. The number of carbonyl (C=O) groups is 1. The number of hydrogen-bond donors (Lipinski definition) is 1. The molecule has 0 saturated carbocycles. The highest BCUT2D eigenvalue weighted by Crippen LogP contribution is 2.30. The van der Waals surface area contributed by atoms with Gasteiger partial charge in [-0.25, -0.2) is 4.98 Å². The Hall–Kier alpha value is -1.23. The minimum Gasteiger partial charge on any atom is -0.370 e. The number of carbonyl (C=O) groups excluding carboxylic acids is 1. The summed E-state index contributed by atoms with van der Waals surface area (Å²) in [5.74, 6) is 1.81. The average molecular weight is 293 g/mol. The van der Waals surface area contributed by atoms with E-state index in [1.807, 2.05) is 28.8 Å². The van der Waals surface area contributed by atoms with Crippen LogP contribution in [0.4, 0.5) is 5.82 Å². The van der Waals surface area contributed by atoms with Crippen LogP contribution >= 0.6 is 11.8 Å². The van der Waals surface area contributed by atoms with E-state index in [0.29, 0.717) is 5.69 Å². The summed E-state index contributed by atoms with van der Waals surface area (Å²) in [5.41, 5.74) is 0.536. The standard InChI is InChI=1S/C15H23N3OS/c1-4-8-16-13-7-5-6-12(17-13)14(19)18-9-10-20-15(2,3)11-18/h5-7H,4,8-11H2,1-3H3,(H,16,17). The minimum atomic E-state index is 0.0403. The van der Waals surface area contributed by atoms with Crippen molar-refractivity contribution in [1.29, 1.82) is 0 Å². The number of nitrogens with one attached hydrogen (secondary N) is 1. The van der Waals surface area contributed by atoms with Gasteiger partial charge in [0.15, 0.2) is 0 Å². The number of rotatable bonds is 4. The van der Waals surface area contributed by atoms with E-state index >= 15 is 0 Å². The number of anilines is 1. The van der Waals surface area contributed by atoms with E-state index in [2.05, 4.69) is 31.1 Å². The third-order valence-electron chi connectivity index (χ3n) is 3.24. The van der Waals surface area contributed by atoms with Crippen LogP contribution in [0.5, 0.6) is 0 Å². The Bertz CT molecular complexity index is 476. The largest absolute Gasteiger partial charge is 0.370 e. The van der Waals surface area contributed by atoms with Crippen molar-refractivity contribution in [2.75, 3.05) is 30.7 Å². The molecule has 1 aliphatic heterocycles. The van der Waals surface area contributed by atoms with Gasteiger partial charge in [-0.1, -0.05) is 13.0 Å². The van der Waals surface area contributed by atoms with Gasteiger partial charge in [0.2, 0.25) is 0 Å². The van der Waals surface area contributed by atoms with Gasteiger partial charge in [-0.2, -0.15) is 11.8 Å². The second kappa shape index (κ2) is 6.48. The molecule has 1 saturated heterocycles. The molecule has 5 heteroatoms. The molecular weight excluding hydrogens is 270 g/mol. The Morgan fingerprint density at radius 2 is 2.30 bits per heavy atom. The van der Waals surface area contributed by atoms with Gasteiger partial charge >= 0.3 is 0 Å². The smallest absolute Gasteiger partial charge is 0.272 e. The predicted molar refractivity (Wildman–Crippen MR) is 85.5 cm³/mol. The molecule has 0 spiro atoms. The molecule has 4 nitrogen and oxygen atoms in total. The fourth-order valence-electron chi connectivity index (χ4n) is 2.26. The first-order valence-electron chi connectivity index (χ1n) is 7.16. The van der Waals surface area contributed by atoms with Crippen molar-refractivity contribution in [2.45, 2.75) is 31.9 Å². The molecule has 1 aromatic rings. The van der Waals surface area contributed by atoms with Gasteiger partial charge in [0.1, 0.15) is 11.5 Å². The van der Waals surface area contributed by atoms with E-state index in [4.69, 9.17) is 0 Å². The molecule has 0 unspecified atom stereocenters. The fraction of sp³-hybridized carbons (Fsp3) is 0.600. The molecule has 1 N–H and O–H groups in total. The summed E-state index contributed by atoms with van der Waals surface area (Å²) in [6.07, 6.45) is 1.04. The van der Waals surface area contributed by atoms with Gasteiger partial charge in [0.05, 0.1) is 0 Å². The SMILES string of the molecule is CCCNc1cccc(C(=O)N2CCSC(C)(C)C2)n1. The number of thioether (sulfide) groups is 1. The van der Waals surface area contributed by atoms with Crippen molar-refractivity contribution in [3.8, 4) is 0 Å². The Morgan fingerprint density at radius 1 is 1.50 bits per heavy atom. The normalized spacial score (nSPS) is 17.9. The first-order valence-corrected chi connectivity index (χ1v) is 8.14. The Morgan fingerprint density at radius 3 is 3.00 bits per heavy atom. The lowest BCUT2D eigenvalue weighted by Crippen LogP contribution is -2.46. The van der Waals surface area contributed by atoms with Crippen LogP contribution in [0, 0.1) is 0 Å². The van der Waals surface area contributed by atoms with Gasteiger partial charge in [-0.15, -0.1) is 0 Å². The van der Waals surface area contributed by atoms with E-state index in [1.165, 1.54) is 0 Å². The number of hydrogen-bond acceptors (Lipinski definition) is 4. The lowest BCUT2D eigenvalue weighted by atomic mass is 10.1. The van der Waals surface area contributed by atoms with Gasteiger partial charge in [0, 0.05) is 30.1 Å². The van der Waals surface area contributed by atoms with Crippen molar-refractivity contribution < 1.29 is 4.79 Å². The topological polar surface area (TPSA) is 45.2 Å². The molecule has 110 valence electrons. The fourth-order valence-corrected chi connectivity index (χ4v) is 3.37. The maximum atomic E-state index is 12.5. The average Bonchev–Trinajstić information content (AvgIpc) is 2.43. The van der Waals surface area contributed by atoms with Crippen molar-refractivity contribution >= 4 is 23.5 Å². The van der Waals surface area contributed by atoms with E-state index in [0.717, 1.165) is 37.6 Å². The molecule has 0 radical (unpaired) electrons. The predicted octanol–water partition coefficient (Wildman–Crippen LogP) is 2.87. The van der Waals surface area contributed by atoms with Crippen LogP contribution < -0.4 is 5.32 Å². The summed E-state index contributed by atoms with van der Waals surface area (Å²) in [7, 11) is 0. The third kappa shape index (κ3) is 3.88. The maximum Gasteiger partial charge on any atom is 0.272 e. The highest BCUT2D eigenvalue weighted by Gasteiger charge is 2.30. The zero-order chi connectivity index (χ0) is 14.6. The molecule has 1 fully saturated rings. The number of aromatic nitrogens is 1. The molecule has 2 rings (SSSR count). The van der Waals surface area contributed by atoms with E-state index in [1.54, 1.807) is 6.07 Å². The quantitative estimate of drug-likeness (QED) is 0.927. The summed E-state index contributed by atoms with van der Waals surface area (Å²) in [4.78, 5) is 18.9. The van der Waals surface area contributed by atoms with Crippen molar-refractivity contribution in [3.63, 3.8) is 0 Å². The minimum absolute atomic E-state index is 0.0403. The third-order valence-corrected chi connectivity index (χ3v) is 4.53. The van der Waals surface area contributed by atoms with Gasteiger partial charge in [-0.05, 0) is 32.4 Å². The van der Waals surface area contributed by atoms with E-state index in [9.17, 15) is 4.79 Å². The second-order valence-electron chi connectivity index (χ2n) is 5.67. The molecule has 20 heavy (non-hydrogen) atoms. The lowest BCUT2D eigenvalue weighted by Gasteiger charge is -2.37. The van der Waals surface area contributed by atoms with Crippen LogP contribution in [-0.4, -0.2) is 45.9 Å². The molecule has 1 amide bonds. The Balaban J connectivity index is 2.08. The second-order valence-corrected chi connectivity index (χ2v) is 7.47. The summed E-state index contributed by atoms with van der Waals surface area (Å²) in [6, 6.07) is 5.60. The monoisotopic (exact) mass is 293 g/mol. The molecule has 1 aromatic heterocycles. The summed E-state index contributed by atoms with van der Waals surface area (Å²) >= 11 is 1.92. The molecule has 1 aliphatic rings. The molecule has 2 heterocycles. The van der Waals surface area contributed by atoms with E-state index in [-0.39, 0.29) is 10.7 Å². The molecule has 0 bridgehead atoms. The van der Waals surface area contributed by atoms with Gasteiger partial charge < -0.3 is 10.2 Å². The first kappa shape index (κ1) is 15.2. The number of pyridine rings is 1. The van der Waals surface area contributed by atoms with Crippen LogP contribution in [0.2, 0.25) is 0 Å². The van der Waals surface area contributed by atoms with Crippen molar-refractivity contribution in [3.05, 3.63) is 23.9 Å². The summed E-state index contributed by atoms with van der Waals surface area (Å²) in [5, 5.41) is 3.22. The molecule has 0 aliphatic carbocycles. The van der Waals surface area contributed by atoms with Gasteiger partial charge in [0.25, 0.3) is 5.91 Å². The van der Waals surface area contributed by atoms with Crippen LogP contribution in [0.15, 0.2) is 18.2 Å². The zero-order valence-electron chi connectivity index (χ0n) is 12.5. The highest BCUT2D eigenvalue weighted by atomic mass is 32.2. The zero-order valence-corrected chi connectivity index (χ0v) is 13.3. The Kier molecular flexibility index (Phi) is 4.91.